The van der Waals surface area contributed by atoms with Crippen LogP contribution in [0.5, 0.6) is 5.75 Å². The van der Waals surface area contributed by atoms with E-state index in [-0.39, 0.29) is 24.4 Å². The molecule has 140 valence electrons. The lowest BCUT2D eigenvalue weighted by Crippen LogP contribution is -2.37. The molecule has 0 aliphatic carbocycles. The van der Waals surface area contributed by atoms with Gasteiger partial charge in [-0.1, -0.05) is 30.3 Å². The Hall–Kier alpha value is -2.08. The summed E-state index contributed by atoms with van der Waals surface area (Å²) in [5.41, 5.74) is 7.74. The molecule has 0 bridgehead atoms. The third kappa shape index (κ3) is 6.02. The van der Waals surface area contributed by atoms with Gasteiger partial charge in [-0.05, 0) is 49.1 Å². The molecule has 1 saturated heterocycles. The molecule has 0 saturated carbocycles. The van der Waals surface area contributed by atoms with Gasteiger partial charge in [0.1, 0.15) is 12.4 Å². The average Bonchev–Trinajstić information content (AvgIpc) is 3.15. The first-order chi connectivity index (χ1) is 12.2. The smallest absolute Gasteiger partial charge is 0.241 e. The van der Waals surface area contributed by atoms with E-state index in [2.05, 4.69) is 5.32 Å². The molecule has 0 radical (unpaired) electrons. The van der Waals surface area contributed by atoms with Crippen molar-refractivity contribution in [3.8, 4) is 5.75 Å². The molecule has 2 aromatic rings. The number of halogens is 1. The second kappa shape index (κ2) is 10.2. The minimum absolute atomic E-state index is 0. The quantitative estimate of drug-likeness (QED) is 0.778. The Morgan fingerprint density at radius 3 is 2.58 bits per heavy atom. The SMILES string of the molecule is Cl.N[C@@H](Cc1ccccc1)C(=O)Nc1ccc(OCC2CCCO2)cc1. The maximum atomic E-state index is 12.2. The van der Waals surface area contributed by atoms with E-state index in [9.17, 15) is 4.79 Å². The van der Waals surface area contributed by atoms with E-state index >= 15 is 0 Å². The van der Waals surface area contributed by atoms with Gasteiger partial charge in [0.15, 0.2) is 0 Å². The maximum Gasteiger partial charge on any atom is 0.241 e. The fourth-order valence-corrected chi connectivity index (χ4v) is 2.80. The highest BCUT2D eigenvalue weighted by molar-refractivity contribution is 5.94. The van der Waals surface area contributed by atoms with Crippen LogP contribution in [-0.4, -0.2) is 31.3 Å². The highest BCUT2D eigenvalue weighted by Crippen LogP contribution is 2.18. The molecule has 3 N–H and O–H groups in total. The van der Waals surface area contributed by atoms with E-state index in [1.54, 1.807) is 0 Å². The molecule has 1 aliphatic rings. The molecule has 0 aromatic heterocycles. The Labute approximate surface area is 160 Å². The summed E-state index contributed by atoms with van der Waals surface area (Å²) in [6.07, 6.45) is 2.85. The van der Waals surface area contributed by atoms with Crippen molar-refractivity contribution in [3.63, 3.8) is 0 Å². The monoisotopic (exact) mass is 376 g/mol. The summed E-state index contributed by atoms with van der Waals surface area (Å²) in [7, 11) is 0. The van der Waals surface area contributed by atoms with Crippen LogP contribution < -0.4 is 15.8 Å². The molecular weight excluding hydrogens is 352 g/mol. The molecule has 1 amide bonds. The lowest BCUT2D eigenvalue weighted by molar-refractivity contribution is -0.117. The zero-order valence-electron chi connectivity index (χ0n) is 14.6. The molecule has 2 aromatic carbocycles. The van der Waals surface area contributed by atoms with E-state index in [4.69, 9.17) is 15.2 Å². The zero-order chi connectivity index (χ0) is 17.5. The van der Waals surface area contributed by atoms with Gasteiger partial charge in [0.25, 0.3) is 0 Å². The van der Waals surface area contributed by atoms with Crippen molar-refractivity contribution in [1.29, 1.82) is 0 Å². The zero-order valence-corrected chi connectivity index (χ0v) is 15.4. The predicted octanol–water partition coefficient (Wildman–Crippen LogP) is 3.17. The van der Waals surface area contributed by atoms with Crippen LogP contribution in [0.2, 0.25) is 0 Å². The molecule has 1 unspecified atom stereocenters. The third-order valence-corrected chi connectivity index (χ3v) is 4.22. The Balaban J connectivity index is 0.00000243. The number of ether oxygens (including phenoxy) is 2. The standard InChI is InChI=1S/C20H24N2O3.ClH/c21-19(13-15-5-2-1-3-6-15)20(23)22-16-8-10-17(11-9-16)25-14-18-7-4-12-24-18;/h1-3,5-6,8-11,18-19H,4,7,12-14,21H2,(H,22,23);1H/t18?,19-;/m0./s1. The highest BCUT2D eigenvalue weighted by Gasteiger charge is 2.16. The Bertz CT molecular complexity index is 673. The van der Waals surface area contributed by atoms with Crippen molar-refractivity contribution in [3.05, 3.63) is 60.2 Å². The molecule has 26 heavy (non-hydrogen) atoms. The first kappa shape index (κ1) is 20.2. The van der Waals surface area contributed by atoms with E-state index in [0.717, 1.165) is 30.8 Å². The first-order valence-corrected chi connectivity index (χ1v) is 8.65. The molecule has 6 heteroatoms. The number of nitrogens with two attached hydrogens (primary N) is 1. The molecule has 2 atom stereocenters. The molecule has 3 rings (SSSR count). The maximum absolute atomic E-state index is 12.2. The van der Waals surface area contributed by atoms with Crippen LogP contribution in [-0.2, 0) is 16.0 Å². The lowest BCUT2D eigenvalue weighted by Gasteiger charge is -2.14. The number of carbonyl (C=O) groups excluding carboxylic acids is 1. The van der Waals surface area contributed by atoms with Crippen molar-refractivity contribution < 1.29 is 14.3 Å². The van der Waals surface area contributed by atoms with Gasteiger partial charge in [-0.3, -0.25) is 4.79 Å². The van der Waals surface area contributed by atoms with Crippen molar-refractivity contribution >= 4 is 24.0 Å². The van der Waals surface area contributed by atoms with Crippen LogP contribution >= 0.6 is 12.4 Å². The number of hydrogen-bond donors (Lipinski definition) is 2. The summed E-state index contributed by atoms with van der Waals surface area (Å²) in [6, 6.07) is 16.5. The number of anilines is 1. The minimum atomic E-state index is -0.585. The number of rotatable bonds is 7. The van der Waals surface area contributed by atoms with Crippen LogP contribution in [0.25, 0.3) is 0 Å². The summed E-state index contributed by atoms with van der Waals surface area (Å²) in [6.45, 7) is 1.38. The third-order valence-electron chi connectivity index (χ3n) is 4.22. The van der Waals surface area contributed by atoms with Crippen molar-refractivity contribution in [2.75, 3.05) is 18.5 Å². The van der Waals surface area contributed by atoms with Crippen molar-refractivity contribution in [1.82, 2.24) is 0 Å². The van der Waals surface area contributed by atoms with E-state index in [0.29, 0.717) is 18.7 Å². The molecule has 1 heterocycles. The van der Waals surface area contributed by atoms with Crippen LogP contribution in [0.3, 0.4) is 0 Å². The fraction of sp³-hybridized carbons (Fsp3) is 0.350. The number of amides is 1. The predicted molar refractivity (Wildman–Crippen MR) is 105 cm³/mol. The Morgan fingerprint density at radius 2 is 1.92 bits per heavy atom. The largest absolute Gasteiger partial charge is 0.491 e. The van der Waals surface area contributed by atoms with Gasteiger partial charge >= 0.3 is 0 Å². The summed E-state index contributed by atoms with van der Waals surface area (Å²) >= 11 is 0. The Kier molecular flexibility index (Phi) is 7.91. The second-order valence-electron chi connectivity index (χ2n) is 6.26. The van der Waals surface area contributed by atoms with Crippen LogP contribution in [0.4, 0.5) is 5.69 Å². The summed E-state index contributed by atoms with van der Waals surface area (Å²) in [4.78, 5) is 12.2. The van der Waals surface area contributed by atoms with Gasteiger partial charge in [-0.15, -0.1) is 12.4 Å². The van der Waals surface area contributed by atoms with Gasteiger partial charge in [-0.25, -0.2) is 0 Å². The molecule has 1 aliphatic heterocycles. The van der Waals surface area contributed by atoms with Crippen LogP contribution in [0.1, 0.15) is 18.4 Å². The molecule has 0 spiro atoms. The van der Waals surface area contributed by atoms with Gasteiger partial charge in [-0.2, -0.15) is 0 Å². The summed E-state index contributed by atoms with van der Waals surface area (Å²) in [5.74, 6) is 0.568. The van der Waals surface area contributed by atoms with E-state index in [1.807, 2.05) is 54.6 Å². The Morgan fingerprint density at radius 1 is 1.19 bits per heavy atom. The molecule has 1 fully saturated rings. The highest BCUT2D eigenvalue weighted by atomic mass is 35.5. The normalized spacial score (nSPS) is 17.2. The van der Waals surface area contributed by atoms with Crippen LogP contribution in [0, 0.1) is 0 Å². The molecule has 5 nitrogen and oxygen atoms in total. The number of hydrogen-bond acceptors (Lipinski definition) is 4. The summed E-state index contributed by atoms with van der Waals surface area (Å²) in [5, 5.41) is 2.84. The van der Waals surface area contributed by atoms with E-state index < -0.39 is 6.04 Å². The molecular formula is C20H25ClN2O3. The van der Waals surface area contributed by atoms with Crippen molar-refractivity contribution in [2.45, 2.75) is 31.4 Å². The van der Waals surface area contributed by atoms with Crippen molar-refractivity contribution in [2.24, 2.45) is 5.73 Å². The van der Waals surface area contributed by atoms with Gasteiger partial charge < -0.3 is 20.5 Å². The van der Waals surface area contributed by atoms with Crippen LogP contribution in [0.15, 0.2) is 54.6 Å². The number of carbonyl (C=O) groups is 1. The number of nitrogens with one attached hydrogen (secondary N) is 1. The number of benzene rings is 2. The van der Waals surface area contributed by atoms with Gasteiger partial charge in [0, 0.05) is 12.3 Å². The topological polar surface area (TPSA) is 73.6 Å². The lowest BCUT2D eigenvalue weighted by atomic mass is 10.1. The first-order valence-electron chi connectivity index (χ1n) is 8.65. The van der Waals surface area contributed by atoms with E-state index in [1.165, 1.54) is 0 Å². The minimum Gasteiger partial charge on any atom is -0.491 e. The average molecular weight is 377 g/mol. The second-order valence-corrected chi connectivity index (χ2v) is 6.26. The van der Waals surface area contributed by atoms with Gasteiger partial charge in [0.05, 0.1) is 12.1 Å². The fourth-order valence-electron chi connectivity index (χ4n) is 2.80. The van der Waals surface area contributed by atoms with Gasteiger partial charge in [0.2, 0.25) is 5.91 Å². The summed E-state index contributed by atoms with van der Waals surface area (Å²) < 4.78 is 11.2.